The van der Waals surface area contributed by atoms with E-state index in [4.69, 9.17) is 9.47 Å². The molecular weight excluding hydrogens is 468 g/mol. The van der Waals surface area contributed by atoms with Crippen molar-refractivity contribution in [3.63, 3.8) is 0 Å². The Balaban J connectivity index is 1.86. The maximum atomic E-state index is 12.8. The van der Waals surface area contributed by atoms with Crippen molar-refractivity contribution in [2.75, 3.05) is 12.4 Å². The molecule has 1 amide bonds. The monoisotopic (exact) mass is 490 g/mol. The van der Waals surface area contributed by atoms with Crippen molar-refractivity contribution in [3.05, 3.63) is 93.0 Å². The summed E-state index contributed by atoms with van der Waals surface area (Å²) >= 11 is 3.42. The second kappa shape index (κ2) is 10.7. The Morgan fingerprint density at radius 2 is 1.84 bits per heavy atom. The summed E-state index contributed by atoms with van der Waals surface area (Å²) in [6.07, 6.45) is 1.52. The van der Waals surface area contributed by atoms with Crippen molar-refractivity contribution < 1.29 is 14.3 Å². The summed E-state index contributed by atoms with van der Waals surface area (Å²) in [6.45, 7) is 4.23. The molecule has 162 valence electrons. The molecule has 32 heavy (non-hydrogen) atoms. The van der Waals surface area contributed by atoms with E-state index in [1.807, 2.05) is 62.4 Å². The Morgan fingerprint density at radius 3 is 2.50 bits per heavy atom. The van der Waals surface area contributed by atoms with Crippen LogP contribution in [0.4, 0.5) is 5.69 Å². The summed E-state index contributed by atoms with van der Waals surface area (Å²) in [5.74, 6) is 0.652. The molecule has 0 aliphatic heterocycles. The lowest BCUT2D eigenvalue weighted by Gasteiger charge is -2.12. The molecule has 0 aliphatic carbocycles. The number of carbonyl (C=O) groups is 1. The number of methoxy groups -OCH3 is 1. The van der Waals surface area contributed by atoms with E-state index in [0.29, 0.717) is 29.4 Å². The number of hydrogen-bond donors (Lipinski definition) is 1. The van der Waals surface area contributed by atoms with Crippen LogP contribution in [0, 0.1) is 25.2 Å². The minimum Gasteiger partial charge on any atom is -0.497 e. The molecule has 1 N–H and O–H groups in total. The molecule has 5 nitrogen and oxygen atoms in total. The van der Waals surface area contributed by atoms with Crippen molar-refractivity contribution >= 4 is 33.6 Å². The van der Waals surface area contributed by atoms with Gasteiger partial charge in [-0.1, -0.05) is 45.8 Å². The summed E-state index contributed by atoms with van der Waals surface area (Å²) in [6, 6.07) is 20.8. The number of anilines is 1. The lowest BCUT2D eigenvalue weighted by molar-refractivity contribution is -0.112. The normalized spacial score (nSPS) is 10.9. The predicted octanol–water partition coefficient (Wildman–Crippen LogP) is 6.20. The number of hydrogen-bond acceptors (Lipinski definition) is 4. The van der Waals surface area contributed by atoms with Gasteiger partial charge in [-0.25, -0.2) is 0 Å². The minimum absolute atomic E-state index is 0.0244. The van der Waals surface area contributed by atoms with Gasteiger partial charge in [0.15, 0.2) is 0 Å². The van der Waals surface area contributed by atoms with Gasteiger partial charge in [-0.15, -0.1) is 0 Å². The highest BCUT2D eigenvalue weighted by Gasteiger charge is 2.13. The lowest BCUT2D eigenvalue weighted by atomic mass is 10.1. The Hall–Kier alpha value is -3.56. The fourth-order valence-electron chi connectivity index (χ4n) is 3.08. The first-order chi connectivity index (χ1) is 15.4. The number of rotatable bonds is 7. The molecule has 0 saturated carbocycles. The van der Waals surface area contributed by atoms with Crippen LogP contribution in [0.25, 0.3) is 6.08 Å². The third-order valence-electron chi connectivity index (χ3n) is 4.82. The molecule has 3 aromatic carbocycles. The van der Waals surface area contributed by atoms with Crippen LogP contribution in [0.2, 0.25) is 0 Å². The number of nitrogens with one attached hydrogen (secondary N) is 1. The van der Waals surface area contributed by atoms with Crippen LogP contribution in [-0.4, -0.2) is 13.0 Å². The van der Waals surface area contributed by atoms with Crippen LogP contribution in [0.5, 0.6) is 11.5 Å². The molecule has 0 unspecified atom stereocenters. The average Bonchev–Trinajstić information content (AvgIpc) is 2.79. The van der Waals surface area contributed by atoms with E-state index in [1.54, 1.807) is 25.3 Å². The Labute approximate surface area is 196 Å². The number of benzene rings is 3. The fraction of sp³-hybridized carbons (Fsp3) is 0.154. The Morgan fingerprint density at radius 1 is 1.09 bits per heavy atom. The third-order valence-corrected chi connectivity index (χ3v) is 5.35. The van der Waals surface area contributed by atoms with E-state index in [2.05, 4.69) is 21.2 Å². The summed E-state index contributed by atoms with van der Waals surface area (Å²) in [5.41, 5.74) is 4.27. The molecule has 0 heterocycles. The van der Waals surface area contributed by atoms with E-state index in [9.17, 15) is 10.1 Å². The van der Waals surface area contributed by atoms with Gasteiger partial charge in [-0.05, 0) is 61.4 Å². The van der Waals surface area contributed by atoms with Crippen molar-refractivity contribution in [2.24, 2.45) is 0 Å². The third kappa shape index (κ3) is 5.99. The summed E-state index contributed by atoms with van der Waals surface area (Å²) < 4.78 is 12.3. The van der Waals surface area contributed by atoms with Gasteiger partial charge in [0.25, 0.3) is 5.91 Å². The number of nitriles is 1. The van der Waals surface area contributed by atoms with E-state index in [1.165, 1.54) is 6.08 Å². The molecule has 0 aliphatic rings. The van der Waals surface area contributed by atoms with Crippen LogP contribution in [-0.2, 0) is 11.4 Å². The second-order valence-electron chi connectivity index (χ2n) is 7.26. The van der Waals surface area contributed by atoms with Gasteiger partial charge in [-0.3, -0.25) is 4.79 Å². The molecule has 3 rings (SSSR count). The minimum atomic E-state index is -0.478. The zero-order valence-electron chi connectivity index (χ0n) is 18.1. The van der Waals surface area contributed by atoms with E-state index >= 15 is 0 Å². The quantitative estimate of drug-likeness (QED) is 0.316. The zero-order chi connectivity index (χ0) is 23.1. The fourth-order valence-corrected chi connectivity index (χ4v) is 3.34. The van der Waals surface area contributed by atoms with Crippen LogP contribution in [0.15, 0.2) is 70.7 Å². The van der Waals surface area contributed by atoms with Crippen molar-refractivity contribution in [3.8, 4) is 17.6 Å². The van der Waals surface area contributed by atoms with Gasteiger partial charge in [0.05, 0.1) is 7.11 Å². The van der Waals surface area contributed by atoms with Crippen LogP contribution in [0.3, 0.4) is 0 Å². The number of aryl methyl sites for hydroxylation is 2. The first-order valence-corrected chi connectivity index (χ1v) is 10.7. The highest BCUT2D eigenvalue weighted by atomic mass is 79.9. The molecule has 6 heteroatoms. The summed E-state index contributed by atoms with van der Waals surface area (Å²) in [7, 11) is 1.57. The van der Waals surface area contributed by atoms with Gasteiger partial charge in [0, 0.05) is 21.8 Å². The molecule has 3 aromatic rings. The maximum Gasteiger partial charge on any atom is 0.266 e. The summed E-state index contributed by atoms with van der Waals surface area (Å²) in [4.78, 5) is 12.8. The number of carbonyl (C=O) groups excluding carboxylic acids is 1. The second-order valence-corrected chi connectivity index (χ2v) is 8.18. The average molecular weight is 491 g/mol. The van der Waals surface area contributed by atoms with Gasteiger partial charge < -0.3 is 14.8 Å². The van der Waals surface area contributed by atoms with Crippen LogP contribution in [0.1, 0.15) is 22.3 Å². The molecule has 0 spiro atoms. The molecular formula is C26H23BrN2O3. The maximum absolute atomic E-state index is 12.8. The van der Waals surface area contributed by atoms with Crippen molar-refractivity contribution in [2.45, 2.75) is 20.5 Å². The van der Waals surface area contributed by atoms with Gasteiger partial charge in [-0.2, -0.15) is 5.26 Å². The van der Waals surface area contributed by atoms with Crippen LogP contribution >= 0.6 is 15.9 Å². The van der Waals surface area contributed by atoms with E-state index in [0.717, 1.165) is 21.2 Å². The zero-order valence-corrected chi connectivity index (χ0v) is 19.7. The van der Waals surface area contributed by atoms with Gasteiger partial charge >= 0.3 is 0 Å². The number of nitrogens with zero attached hydrogens (tertiary/aromatic N) is 1. The smallest absolute Gasteiger partial charge is 0.266 e. The molecule has 0 radical (unpaired) electrons. The topological polar surface area (TPSA) is 71.3 Å². The van der Waals surface area contributed by atoms with Crippen molar-refractivity contribution in [1.82, 2.24) is 0 Å². The highest BCUT2D eigenvalue weighted by Crippen LogP contribution is 2.28. The standard InChI is InChI=1S/C26H23BrN2O3/c1-17-4-11-24(18(2)12-17)29-26(30)21(15-28)13-20-7-10-23(31-3)14-25(20)32-16-19-5-8-22(27)9-6-19/h4-14H,16H2,1-3H3,(H,29,30)/b21-13+. The molecule has 0 aromatic heterocycles. The number of amides is 1. The SMILES string of the molecule is COc1ccc(/C=C(\C#N)C(=O)Nc2ccc(C)cc2C)c(OCc2ccc(Br)cc2)c1. The lowest BCUT2D eigenvalue weighted by Crippen LogP contribution is -2.14. The number of halogens is 1. The van der Waals surface area contributed by atoms with E-state index < -0.39 is 5.91 Å². The highest BCUT2D eigenvalue weighted by molar-refractivity contribution is 9.10. The molecule has 0 fully saturated rings. The largest absolute Gasteiger partial charge is 0.497 e. The van der Waals surface area contributed by atoms with Crippen molar-refractivity contribution in [1.29, 1.82) is 5.26 Å². The van der Waals surface area contributed by atoms with Crippen LogP contribution < -0.4 is 14.8 Å². The van der Waals surface area contributed by atoms with Gasteiger partial charge in [0.2, 0.25) is 0 Å². The van der Waals surface area contributed by atoms with E-state index in [-0.39, 0.29) is 5.57 Å². The first-order valence-electron chi connectivity index (χ1n) is 9.95. The summed E-state index contributed by atoms with van der Waals surface area (Å²) in [5, 5.41) is 12.4. The Kier molecular flexibility index (Phi) is 7.69. The molecule has 0 bridgehead atoms. The number of ether oxygens (including phenoxy) is 2. The Bertz CT molecular complexity index is 1190. The molecule has 0 saturated heterocycles. The molecule has 0 atom stereocenters. The van der Waals surface area contributed by atoms with Gasteiger partial charge in [0.1, 0.15) is 29.7 Å². The predicted molar refractivity (Wildman–Crippen MR) is 130 cm³/mol. The first kappa shape index (κ1) is 23.1.